The van der Waals surface area contributed by atoms with Crippen molar-refractivity contribution in [2.45, 2.75) is 534 Å². The van der Waals surface area contributed by atoms with Crippen LogP contribution in [0, 0.1) is 0 Å². The number of unbranched alkanes of at least 4 members (excludes halogenated alkanes) is 68. The molecule has 0 fully saturated rings. The first-order chi connectivity index (χ1) is 54.7. The summed E-state index contributed by atoms with van der Waals surface area (Å²) < 4.78 is 69.1. The molecule has 2 unspecified atom stereocenters. The van der Waals surface area contributed by atoms with E-state index in [4.69, 9.17) is 37.0 Å². The van der Waals surface area contributed by atoms with Crippen molar-refractivity contribution in [3.63, 3.8) is 0 Å². The van der Waals surface area contributed by atoms with Crippen molar-refractivity contribution in [1.82, 2.24) is 0 Å². The second-order valence-corrected chi connectivity index (χ2v) is 36.3. The van der Waals surface area contributed by atoms with Gasteiger partial charge in [0.1, 0.15) is 19.3 Å². The van der Waals surface area contributed by atoms with E-state index < -0.39 is 97.5 Å². The van der Waals surface area contributed by atoms with Crippen molar-refractivity contribution in [3.8, 4) is 0 Å². The molecule has 0 aliphatic heterocycles. The Balaban J connectivity index is 5.18. The zero-order chi connectivity index (χ0) is 81.7. The minimum Gasteiger partial charge on any atom is -0.462 e. The highest BCUT2D eigenvalue weighted by atomic mass is 31.2. The van der Waals surface area contributed by atoms with Crippen LogP contribution in [0.1, 0.15) is 516 Å². The number of hydrogen-bond donors (Lipinski definition) is 3. The number of phosphoric acid groups is 2. The van der Waals surface area contributed by atoms with E-state index in [0.717, 1.165) is 89.9 Å². The van der Waals surface area contributed by atoms with Gasteiger partial charge in [-0.2, -0.15) is 0 Å². The van der Waals surface area contributed by atoms with Gasteiger partial charge in [-0.3, -0.25) is 37.3 Å². The smallest absolute Gasteiger partial charge is 0.462 e. The lowest BCUT2D eigenvalue weighted by molar-refractivity contribution is -0.161. The molecule has 3 N–H and O–H groups in total. The van der Waals surface area contributed by atoms with Crippen molar-refractivity contribution < 1.29 is 80.2 Å². The van der Waals surface area contributed by atoms with Gasteiger partial charge < -0.3 is 33.8 Å². The zero-order valence-corrected chi connectivity index (χ0v) is 75.5. The molecule has 0 rings (SSSR count). The number of phosphoric ester groups is 2. The fourth-order valence-corrected chi connectivity index (χ4v) is 16.3. The summed E-state index contributed by atoms with van der Waals surface area (Å²) in [6.45, 7) is 5.07. The molecule has 0 bridgehead atoms. The Morgan fingerprint density at radius 1 is 0.214 bits per heavy atom. The SMILES string of the molecule is CCCCCCCCCCCCCCCCCCCCCCCCC(=O)OC[C@H](COP(=O)(O)OC[C@@H](O)COP(=O)(O)OC[C@@H](COC(=O)CCCCCCCCCCC)OC(=O)CCCCCCCCCCCCCCCCCCCCC)OC(=O)CCCCCCCCCCCCCCCCCCCCCCCC. The highest BCUT2D eigenvalue weighted by molar-refractivity contribution is 7.47. The van der Waals surface area contributed by atoms with Crippen LogP contribution < -0.4 is 0 Å². The third kappa shape index (κ3) is 85.9. The number of hydrogen-bond acceptors (Lipinski definition) is 15. The second kappa shape index (κ2) is 86.9. The highest BCUT2D eigenvalue weighted by Crippen LogP contribution is 2.45. The summed E-state index contributed by atoms with van der Waals surface area (Å²) in [5, 5.41) is 10.7. The molecule has 0 aliphatic carbocycles. The summed E-state index contributed by atoms with van der Waals surface area (Å²) in [7, 11) is -9.93. The maximum atomic E-state index is 13.2. The summed E-state index contributed by atoms with van der Waals surface area (Å²) in [6.07, 6.45) is 85.1. The molecule has 0 heterocycles. The van der Waals surface area contributed by atoms with Crippen molar-refractivity contribution in [1.29, 1.82) is 0 Å². The Bertz CT molecular complexity index is 2100. The third-order valence-corrected chi connectivity index (χ3v) is 24.0. The highest BCUT2D eigenvalue weighted by Gasteiger charge is 2.31. The molecular formula is C93H182O17P2. The summed E-state index contributed by atoms with van der Waals surface area (Å²) in [5.41, 5.74) is 0. The number of esters is 4. The summed E-state index contributed by atoms with van der Waals surface area (Å²) in [4.78, 5) is 73.4. The minimum atomic E-state index is -4.97. The Hall–Kier alpha value is -1.94. The van der Waals surface area contributed by atoms with E-state index in [-0.39, 0.29) is 25.7 Å². The molecule has 0 aromatic carbocycles. The van der Waals surface area contributed by atoms with Crippen LogP contribution in [-0.4, -0.2) is 96.7 Å². The first-order valence-electron chi connectivity index (χ1n) is 48.3. The van der Waals surface area contributed by atoms with E-state index >= 15 is 0 Å². The molecule has 0 aromatic rings. The van der Waals surface area contributed by atoms with E-state index in [1.165, 1.54) is 347 Å². The quantitative estimate of drug-likeness (QED) is 0.0222. The predicted molar refractivity (Wildman–Crippen MR) is 465 cm³/mol. The number of rotatable bonds is 94. The van der Waals surface area contributed by atoms with Crippen LogP contribution in [0.3, 0.4) is 0 Å². The lowest BCUT2D eigenvalue weighted by Crippen LogP contribution is -2.30. The monoisotopic (exact) mass is 1630 g/mol. The van der Waals surface area contributed by atoms with Gasteiger partial charge in [-0.1, -0.05) is 464 Å². The van der Waals surface area contributed by atoms with E-state index in [1.807, 2.05) is 0 Å². The molecule has 5 atom stereocenters. The van der Waals surface area contributed by atoms with Crippen LogP contribution in [0.4, 0.5) is 0 Å². The van der Waals surface area contributed by atoms with Gasteiger partial charge in [-0.25, -0.2) is 9.13 Å². The third-order valence-electron chi connectivity index (χ3n) is 22.1. The molecule has 0 amide bonds. The lowest BCUT2D eigenvalue weighted by atomic mass is 10.0. The zero-order valence-electron chi connectivity index (χ0n) is 73.7. The standard InChI is InChI=1S/C93H182O17P2/c1-5-9-13-17-21-25-28-31-34-37-40-42-44-47-49-52-55-58-62-66-70-74-78-91(96)104-84-89(110-93(98)80-76-72-68-64-60-57-54-51-48-45-43-41-38-35-32-29-26-22-18-14-10-6-2)86-108-112(101,102)106-82-87(94)81-105-111(99,100)107-85-88(83-103-90(95)77-73-69-65-61-24-20-16-12-8-4)109-92(97)79-75-71-67-63-59-56-53-50-46-39-36-33-30-27-23-19-15-11-7-3/h87-89,94H,5-86H2,1-4H3,(H,99,100)(H,101,102)/t87-,88+,89+/m0/s1. The molecule has 0 spiro atoms. The molecule has 0 aliphatic rings. The van der Waals surface area contributed by atoms with Crippen LogP contribution in [-0.2, 0) is 65.4 Å². The molecular weight excluding hydrogens is 1450 g/mol. The Morgan fingerprint density at radius 3 is 0.527 bits per heavy atom. The normalized spacial score (nSPS) is 13.6. The lowest BCUT2D eigenvalue weighted by Gasteiger charge is -2.21. The maximum absolute atomic E-state index is 13.2. The van der Waals surface area contributed by atoms with Gasteiger partial charge in [0.05, 0.1) is 26.4 Å². The van der Waals surface area contributed by atoms with Crippen LogP contribution in [0.2, 0.25) is 0 Å². The molecule has 0 aromatic heterocycles. The molecule has 0 saturated heterocycles. The number of aliphatic hydroxyl groups excluding tert-OH is 1. The number of ether oxygens (including phenoxy) is 4. The maximum Gasteiger partial charge on any atom is 0.472 e. The van der Waals surface area contributed by atoms with Crippen LogP contribution in [0.15, 0.2) is 0 Å². The summed E-state index contributed by atoms with van der Waals surface area (Å²) in [5.74, 6) is -2.09. The Morgan fingerprint density at radius 2 is 0.357 bits per heavy atom. The van der Waals surface area contributed by atoms with Crippen molar-refractivity contribution >= 4 is 39.5 Å². The summed E-state index contributed by atoms with van der Waals surface area (Å²) >= 11 is 0. The van der Waals surface area contributed by atoms with Gasteiger partial charge in [-0.05, 0) is 25.7 Å². The second-order valence-electron chi connectivity index (χ2n) is 33.4. The molecule has 0 saturated carbocycles. The van der Waals surface area contributed by atoms with Crippen molar-refractivity contribution in [2.75, 3.05) is 39.6 Å². The Kier molecular flexibility index (Phi) is 85.4. The van der Waals surface area contributed by atoms with Gasteiger partial charge >= 0.3 is 39.5 Å². The minimum absolute atomic E-state index is 0.109. The van der Waals surface area contributed by atoms with Gasteiger partial charge in [0.15, 0.2) is 12.2 Å². The molecule has 19 heteroatoms. The number of carbonyl (C=O) groups excluding carboxylic acids is 4. The Labute approximate surface area is 689 Å². The van der Waals surface area contributed by atoms with E-state index in [2.05, 4.69) is 27.7 Å². The fraction of sp³-hybridized carbons (Fsp3) is 0.957. The van der Waals surface area contributed by atoms with Crippen molar-refractivity contribution in [3.05, 3.63) is 0 Å². The van der Waals surface area contributed by atoms with Crippen molar-refractivity contribution in [2.24, 2.45) is 0 Å². The largest absolute Gasteiger partial charge is 0.472 e. The van der Waals surface area contributed by atoms with E-state index in [9.17, 15) is 43.2 Å². The fourth-order valence-electron chi connectivity index (χ4n) is 14.8. The predicted octanol–water partition coefficient (Wildman–Crippen LogP) is 29.3. The average Bonchev–Trinajstić information content (AvgIpc) is 0.906. The number of carbonyl (C=O) groups is 4. The molecule has 0 radical (unpaired) electrons. The van der Waals surface area contributed by atoms with E-state index in [0.29, 0.717) is 25.7 Å². The van der Waals surface area contributed by atoms with Crippen LogP contribution >= 0.6 is 15.6 Å². The number of aliphatic hydroxyl groups is 1. The van der Waals surface area contributed by atoms with Gasteiger partial charge in [0.2, 0.25) is 0 Å². The molecule has 17 nitrogen and oxygen atoms in total. The first kappa shape index (κ1) is 110. The molecule has 666 valence electrons. The first-order valence-corrected chi connectivity index (χ1v) is 51.3. The van der Waals surface area contributed by atoms with E-state index in [1.54, 1.807) is 0 Å². The van der Waals surface area contributed by atoms with Crippen LogP contribution in [0.25, 0.3) is 0 Å². The molecule has 112 heavy (non-hydrogen) atoms. The summed E-state index contributed by atoms with van der Waals surface area (Å²) in [6, 6.07) is 0. The van der Waals surface area contributed by atoms with Gasteiger partial charge in [0, 0.05) is 25.7 Å². The van der Waals surface area contributed by atoms with Gasteiger partial charge in [0.25, 0.3) is 0 Å². The topological polar surface area (TPSA) is 237 Å². The van der Waals surface area contributed by atoms with Crippen LogP contribution in [0.5, 0.6) is 0 Å². The van der Waals surface area contributed by atoms with Gasteiger partial charge in [-0.15, -0.1) is 0 Å². The average molecular weight is 1630 g/mol.